The van der Waals surface area contributed by atoms with Gasteiger partial charge in [-0.25, -0.2) is 4.79 Å². The molecule has 1 amide bonds. The van der Waals surface area contributed by atoms with Crippen LogP contribution < -0.4 is 0 Å². The van der Waals surface area contributed by atoms with Gasteiger partial charge in [-0.1, -0.05) is 18.2 Å². The van der Waals surface area contributed by atoms with Crippen molar-refractivity contribution in [3.8, 4) is 0 Å². The van der Waals surface area contributed by atoms with Crippen LogP contribution in [0.25, 0.3) is 0 Å². The van der Waals surface area contributed by atoms with Gasteiger partial charge < -0.3 is 10.0 Å². The molecule has 4 heteroatoms. The number of carbonyl (C=O) groups is 2. The minimum absolute atomic E-state index is 0.184. The highest BCUT2D eigenvalue weighted by molar-refractivity contribution is 5.98. The van der Waals surface area contributed by atoms with Gasteiger partial charge in [0.1, 0.15) is 6.04 Å². The maximum absolute atomic E-state index is 12.0. The first-order valence-corrected chi connectivity index (χ1v) is 5.23. The van der Waals surface area contributed by atoms with Gasteiger partial charge >= 0.3 is 5.97 Å². The molecule has 1 aromatic rings. The van der Waals surface area contributed by atoms with E-state index < -0.39 is 12.0 Å². The third kappa shape index (κ3) is 1.66. The first kappa shape index (κ1) is 10.7. The van der Waals surface area contributed by atoms with E-state index in [-0.39, 0.29) is 5.91 Å². The number of nitrogens with zero attached hydrogens (tertiary/aromatic N) is 1. The molecule has 4 nitrogen and oxygen atoms in total. The van der Waals surface area contributed by atoms with E-state index in [1.807, 2.05) is 12.1 Å². The normalized spacial score (nSPS) is 16.8. The van der Waals surface area contributed by atoms with E-state index in [0.29, 0.717) is 12.1 Å². The molecule has 1 atom stereocenters. The summed E-state index contributed by atoms with van der Waals surface area (Å²) in [5, 5.41) is 8.91. The smallest absolute Gasteiger partial charge is 0.326 e. The van der Waals surface area contributed by atoms with Gasteiger partial charge in [0.05, 0.1) is 0 Å². The second-order valence-corrected chi connectivity index (χ2v) is 3.92. The number of carboxylic acids is 1. The zero-order valence-corrected chi connectivity index (χ0v) is 9.01. The van der Waals surface area contributed by atoms with Crippen molar-refractivity contribution in [2.45, 2.75) is 19.4 Å². The summed E-state index contributed by atoms with van der Waals surface area (Å²) in [6.07, 6.45) is 0.722. The summed E-state index contributed by atoms with van der Waals surface area (Å²) in [6.45, 7) is 2.01. The molecule has 1 heterocycles. The van der Waals surface area contributed by atoms with E-state index in [2.05, 4.69) is 0 Å². The highest BCUT2D eigenvalue weighted by Crippen LogP contribution is 2.20. The highest BCUT2D eigenvalue weighted by atomic mass is 16.4. The fourth-order valence-corrected chi connectivity index (χ4v) is 1.95. The molecule has 84 valence electrons. The molecule has 1 aliphatic heterocycles. The summed E-state index contributed by atoms with van der Waals surface area (Å²) in [5.74, 6) is -1.15. The molecule has 0 aromatic heterocycles. The molecule has 0 radical (unpaired) electrons. The van der Waals surface area contributed by atoms with Crippen LogP contribution in [0.4, 0.5) is 0 Å². The second-order valence-electron chi connectivity index (χ2n) is 3.92. The van der Waals surface area contributed by atoms with Gasteiger partial charge in [0.2, 0.25) is 0 Å². The fraction of sp³-hybridized carbons (Fsp3) is 0.333. The Hall–Kier alpha value is -1.84. The first-order valence-electron chi connectivity index (χ1n) is 5.23. The third-order valence-electron chi connectivity index (χ3n) is 2.96. The summed E-state index contributed by atoms with van der Waals surface area (Å²) in [5.41, 5.74) is 1.63. The van der Waals surface area contributed by atoms with Crippen LogP contribution in [0.15, 0.2) is 24.3 Å². The topological polar surface area (TPSA) is 57.6 Å². The lowest BCUT2D eigenvalue weighted by molar-refractivity contribution is -0.141. The summed E-state index contributed by atoms with van der Waals surface area (Å²) >= 11 is 0. The van der Waals surface area contributed by atoms with Gasteiger partial charge in [-0.15, -0.1) is 0 Å². The maximum atomic E-state index is 12.0. The van der Waals surface area contributed by atoms with Crippen LogP contribution in [0.3, 0.4) is 0 Å². The Kier molecular flexibility index (Phi) is 2.64. The molecular weight excluding hydrogens is 206 g/mol. The molecular formula is C12H13NO3. The van der Waals surface area contributed by atoms with Crippen molar-refractivity contribution in [1.29, 1.82) is 0 Å². The zero-order chi connectivity index (χ0) is 11.7. The molecule has 1 aromatic carbocycles. The Bertz CT molecular complexity index is 442. The minimum Gasteiger partial charge on any atom is -0.480 e. The second kappa shape index (κ2) is 3.96. The predicted octanol–water partition coefficient (Wildman–Crippen LogP) is 1.16. The van der Waals surface area contributed by atoms with E-state index >= 15 is 0 Å². The van der Waals surface area contributed by atoms with Crippen LogP contribution in [0.1, 0.15) is 22.8 Å². The van der Waals surface area contributed by atoms with Gasteiger partial charge in [0.25, 0.3) is 5.91 Å². The number of carbonyl (C=O) groups excluding carboxylic acids is 1. The zero-order valence-electron chi connectivity index (χ0n) is 9.01. The van der Waals surface area contributed by atoms with Crippen LogP contribution in [-0.2, 0) is 11.2 Å². The Morgan fingerprint density at radius 2 is 2.12 bits per heavy atom. The summed E-state index contributed by atoms with van der Waals surface area (Å²) in [7, 11) is 0. The van der Waals surface area contributed by atoms with Gasteiger partial charge in [0, 0.05) is 12.1 Å². The molecule has 0 bridgehead atoms. The number of benzene rings is 1. The van der Waals surface area contributed by atoms with E-state index in [4.69, 9.17) is 5.11 Å². The number of amides is 1. The number of rotatable bonds is 2. The van der Waals surface area contributed by atoms with Gasteiger partial charge in [-0.3, -0.25) is 4.79 Å². The van der Waals surface area contributed by atoms with Crippen molar-refractivity contribution in [3.63, 3.8) is 0 Å². The standard InChI is InChI=1S/C12H13NO3/c1-8(12(15)16)13-7-6-9-4-2-3-5-10(9)11(13)14/h2-5,8H,6-7H2,1H3,(H,15,16). The van der Waals surface area contributed by atoms with Crippen LogP contribution in [0.5, 0.6) is 0 Å². The molecule has 16 heavy (non-hydrogen) atoms. The van der Waals surface area contributed by atoms with Crippen molar-refractivity contribution < 1.29 is 14.7 Å². The largest absolute Gasteiger partial charge is 0.480 e. The summed E-state index contributed by atoms with van der Waals surface area (Å²) in [4.78, 5) is 24.3. The van der Waals surface area contributed by atoms with Crippen molar-refractivity contribution in [3.05, 3.63) is 35.4 Å². The molecule has 0 spiro atoms. The molecule has 1 N–H and O–H groups in total. The molecule has 1 unspecified atom stereocenters. The number of hydrogen-bond acceptors (Lipinski definition) is 2. The molecule has 0 saturated carbocycles. The SMILES string of the molecule is CC(C(=O)O)N1CCc2ccccc2C1=O. The predicted molar refractivity (Wildman–Crippen MR) is 58.3 cm³/mol. The number of fused-ring (bicyclic) bond motifs is 1. The first-order chi connectivity index (χ1) is 7.61. The van der Waals surface area contributed by atoms with E-state index in [9.17, 15) is 9.59 Å². The number of carboxylic acid groups (broad SMARTS) is 1. The Labute approximate surface area is 93.5 Å². The summed E-state index contributed by atoms with van der Waals surface area (Å²) < 4.78 is 0. The molecule has 1 aliphatic rings. The van der Waals surface area contributed by atoms with E-state index in [1.54, 1.807) is 12.1 Å². The lowest BCUT2D eigenvalue weighted by Gasteiger charge is -2.31. The van der Waals surface area contributed by atoms with Crippen molar-refractivity contribution in [2.75, 3.05) is 6.54 Å². The average molecular weight is 219 g/mol. The highest BCUT2D eigenvalue weighted by Gasteiger charge is 2.30. The third-order valence-corrected chi connectivity index (χ3v) is 2.96. The molecule has 0 fully saturated rings. The Morgan fingerprint density at radius 3 is 2.81 bits per heavy atom. The maximum Gasteiger partial charge on any atom is 0.326 e. The van der Waals surface area contributed by atoms with Crippen LogP contribution in [0.2, 0.25) is 0 Å². The molecule has 0 aliphatic carbocycles. The van der Waals surface area contributed by atoms with Gasteiger partial charge in [-0.2, -0.15) is 0 Å². The van der Waals surface area contributed by atoms with E-state index in [0.717, 1.165) is 12.0 Å². The van der Waals surface area contributed by atoms with Gasteiger partial charge in [0.15, 0.2) is 0 Å². The molecule has 0 saturated heterocycles. The lowest BCUT2D eigenvalue weighted by atomic mass is 9.98. The Balaban J connectivity index is 2.31. The summed E-state index contributed by atoms with van der Waals surface area (Å²) in [6, 6.07) is 6.59. The van der Waals surface area contributed by atoms with Crippen LogP contribution in [-0.4, -0.2) is 34.5 Å². The van der Waals surface area contributed by atoms with Crippen molar-refractivity contribution in [1.82, 2.24) is 4.90 Å². The minimum atomic E-state index is -0.965. The van der Waals surface area contributed by atoms with Crippen LogP contribution >= 0.6 is 0 Å². The average Bonchev–Trinajstić information content (AvgIpc) is 2.29. The number of hydrogen-bond donors (Lipinski definition) is 1. The van der Waals surface area contributed by atoms with Crippen molar-refractivity contribution in [2.24, 2.45) is 0 Å². The van der Waals surface area contributed by atoms with Gasteiger partial charge in [-0.05, 0) is 25.0 Å². The quantitative estimate of drug-likeness (QED) is 0.812. The van der Waals surface area contributed by atoms with Crippen LogP contribution in [0, 0.1) is 0 Å². The molecule has 2 rings (SSSR count). The van der Waals surface area contributed by atoms with E-state index in [1.165, 1.54) is 11.8 Å². The monoisotopic (exact) mass is 219 g/mol. The lowest BCUT2D eigenvalue weighted by Crippen LogP contribution is -2.46. The Morgan fingerprint density at radius 1 is 1.44 bits per heavy atom. The van der Waals surface area contributed by atoms with Crippen molar-refractivity contribution >= 4 is 11.9 Å². The fourth-order valence-electron chi connectivity index (χ4n) is 1.95. The number of aliphatic carboxylic acids is 1.